The summed E-state index contributed by atoms with van der Waals surface area (Å²) in [4.78, 5) is 1.77. The van der Waals surface area contributed by atoms with Gasteiger partial charge < -0.3 is 10.2 Å². The van der Waals surface area contributed by atoms with Crippen LogP contribution in [0.2, 0.25) is 0 Å². The van der Waals surface area contributed by atoms with Crippen molar-refractivity contribution in [3.63, 3.8) is 0 Å². The first-order valence-corrected chi connectivity index (χ1v) is 6.04. The minimum absolute atomic E-state index is 0.0170. The average molecular weight is 249 g/mol. The molecule has 0 spiro atoms. The zero-order valence-electron chi connectivity index (χ0n) is 9.79. The van der Waals surface area contributed by atoms with Gasteiger partial charge in [-0.05, 0) is 24.0 Å². The zero-order valence-corrected chi connectivity index (χ0v) is 9.79. The van der Waals surface area contributed by atoms with Crippen LogP contribution < -0.4 is 10.2 Å². The molecule has 2 heterocycles. The highest BCUT2D eigenvalue weighted by atomic mass is 19.1. The summed E-state index contributed by atoms with van der Waals surface area (Å²) < 4.78 is 27.8. The molecule has 1 N–H and O–H groups in total. The van der Waals surface area contributed by atoms with E-state index >= 15 is 0 Å². The Labute approximate surface area is 104 Å². The van der Waals surface area contributed by atoms with Crippen LogP contribution in [0.25, 0.3) is 0 Å². The standard InChI is InChI=1S/C13H13F2N3/c14-11-1-8(3-16)2-12(15)13(11)18-6-9-4-17-5-10(9)7-18/h1-2,9-10,17H,4-7H2. The van der Waals surface area contributed by atoms with Gasteiger partial charge in [-0.15, -0.1) is 0 Å². The van der Waals surface area contributed by atoms with Crippen LogP contribution in [0.3, 0.4) is 0 Å². The van der Waals surface area contributed by atoms with Gasteiger partial charge in [-0.3, -0.25) is 0 Å². The summed E-state index contributed by atoms with van der Waals surface area (Å²) in [5, 5.41) is 12.0. The summed E-state index contributed by atoms with van der Waals surface area (Å²) in [5.41, 5.74) is 0.0400. The quantitative estimate of drug-likeness (QED) is 0.819. The lowest BCUT2D eigenvalue weighted by atomic mass is 10.0. The average Bonchev–Trinajstić information content (AvgIpc) is 2.88. The third kappa shape index (κ3) is 1.73. The fraction of sp³-hybridized carbons (Fsp3) is 0.462. The van der Waals surface area contributed by atoms with Crippen molar-refractivity contribution in [1.82, 2.24) is 5.32 Å². The Balaban J connectivity index is 1.92. The molecule has 1 aromatic carbocycles. The highest BCUT2D eigenvalue weighted by Crippen LogP contribution is 2.33. The topological polar surface area (TPSA) is 39.1 Å². The van der Waals surface area contributed by atoms with E-state index in [1.54, 1.807) is 11.0 Å². The molecule has 1 aromatic rings. The van der Waals surface area contributed by atoms with Crippen molar-refractivity contribution in [1.29, 1.82) is 5.26 Å². The first kappa shape index (κ1) is 11.4. The van der Waals surface area contributed by atoms with E-state index < -0.39 is 11.6 Å². The molecule has 0 bridgehead atoms. The van der Waals surface area contributed by atoms with E-state index in [9.17, 15) is 8.78 Å². The van der Waals surface area contributed by atoms with E-state index in [1.807, 2.05) is 0 Å². The molecular formula is C13H13F2N3. The lowest BCUT2D eigenvalue weighted by Gasteiger charge is -2.21. The van der Waals surface area contributed by atoms with Crippen LogP contribution >= 0.6 is 0 Å². The maximum Gasteiger partial charge on any atom is 0.150 e. The van der Waals surface area contributed by atoms with E-state index in [0.29, 0.717) is 24.9 Å². The molecule has 5 heteroatoms. The van der Waals surface area contributed by atoms with Gasteiger partial charge in [0.25, 0.3) is 0 Å². The number of rotatable bonds is 1. The van der Waals surface area contributed by atoms with Crippen molar-refractivity contribution < 1.29 is 8.78 Å². The van der Waals surface area contributed by atoms with Crippen molar-refractivity contribution in [3.8, 4) is 6.07 Å². The maximum atomic E-state index is 13.9. The molecule has 2 aliphatic rings. The van der Waals surface area contributed by atoms with Gasteiger partial charge in [0.1, 0.15) is 5.69 Å². The molecule has 2 aliphatic heterocycles. The van der Waals surface area contributed by atoms with E-state index in [1.165, 1.54) is 0 Å². The summed E-state index contributed by atoms with van der Waals surface area (Å²) in [6.45, 7) is 3.19. The fourth-order valence-corrected chi connectivity index (χ4v) is 2.97. The van der Waals surface area contributed by atoms with E-state index in [-0.39, 0.29) is 11.3 Å². The van der Waals surface area contributed by atoms with Crippen molar-refractivity contribution in [2.24, 2.45) is 11.8 Å². The zero-order chi connectivity index (χ0) is 12.7. The molecule has 0 aliphatic carbocycles. The third-order valence-corrected chi connectivity index (χ3v) is 3.85. The van der Waals surface area contributed by atoms with Crippen molar-refractivity contribution in [2.45, 2.75) is 0 Å². The van der Waals surface area contributed by atoms with Crippen LogP contribution in [-0.2, 0) is 0 Å². The minimum Gasteiger partial charge on any atom is -0.366 e. The highest BCUT2D eigenvalue weighted by molar-refractivity contribution is 5.53. The monoisotopic (exact) mass is 249 g/mol. The summed E-state index contributed by atoms with van der Waals surface area (Å²) >= 11 is 0. The Morgan fingerprint density at radius 1 is 1.17 bits per heavy atom. The number of fused-ring (bicyclic) bond motifs is 1. The molecule has 3 rings (SSSR count). The van der Waals surface area contributed by atoms with Crippen LogP contribution in [0.1, 0.15) is 5.56 Å². The molecule has 0 radical (unpaired) electrons. The van der Waals surface area contributed by atoms with Gasteiger partial charge in [0.2, 0.25) is 0 Å². The lowest BCUT2D eigenvalue weighted by molar-refractivity contribution is 0.533. The second-order valence-corrected chi connectivity index (χ2v) is 4.98. The summed E-state index contributed by atoms with van der Waals surface area (Å²) in [5.74, 6) is -0.335. The van der Waals surface area contributed by atoms with Gasteiger partial charge in [0.15, 0.2) is 11.6 Å². The van der Waals surface area contributed by atoms with Gasteiger partial charge in [-0.1, -0.05) is 0 Å². The van der Waals surface area contributed by atoms with E-state index in [2.05, 4.69) is 5.32 Å². The molecule has 18 heavy (non-hydrogen) atoms. The normalized spacial score (nSPS) is 26.2. The summed E-state index contributed by atoms with van der Waals surface area (Å²) in [6, 6.07) is 3.96. The second kappa shape index (κ2) is 4.21. The van der Waals surface area contributed by atoms with Gasteiger partial charge >= 0.3 is 0 Å². The number of benzene rings is 1. The smallest absolute Gasteiger partial charge is 0.150 e. The highest BCUT2D eigenvalue weighted by Gasteiger charge is 2.37. The molecule has 2 saturated heterocycles. The van der Waals surface area contributed by atoms with Gasteiger partial charge in [-0.25, -0.2) is 8.78 Å². The Kier molecular flexibility index (Phi) is 2.67. The van der Waals surface area contributed by atoms with Gasteiger partial charge in [0, 0.05) is 26.2 Å². The predicted molar refractivity (Wildman–Crippen MR) is 63.1 cm³/mol. The summed E-state index contributed by atoms with van der Waals surface area (Å²) in [7, 11) is 0. The summed E-state index contributed by atoms with van der Waals surface area (Å²) in [6.07, 6.45) is 0. The molecule has 2 atom stereocenters. The number of hydrogen-bond donors (Lipinski definition) is 1. The first-order chi connectivity index (χ1) is 8.69. The lowest BCUT2D eigenvalue weighted by Crippen LogP contribution is -2.27. The molecule has 0 aromatic heterocycles. The number of anilines is 1. The number of nitrogens with zero attached hydrogens (tertiary/aromatic N) is 2. The van der Waals surface area contributed by atoms with Crippen molar-refractivity contribution in [2.75, 3.05) is 31.1 Å². The van der Waals surface area contributed by atoms with Crippen LogP contribution in [0, 0.1) is 34.8 Å². The number of halogens is 2. The van der Waals surface area contributed by atoms with E-state index in [4.69, 9.17) is 5.26 Å². The SMILES string of the molecule is N#Cc1cc(F)c(N2CC3CNCC3C2)c(F)c1. The number of nitrogens with one attached hydrogen (secondary N) is 1. The molecule has 0 amide bonds. The Morgan fingerprint density at radius 3 is 2.22 bits per heavy atom. The second-order valence-electron chi connectivity index (χ2n) is 4.98. The Bertz CT molecular complexity index is 488. The van der Waals surface area contributed by atoms with Crippen molar-refractivity contribution in [3.05, 3.63) is 29.3 Å². The van der Waals surface area contributed by atoms with Crippen LogP contribution in [0.15, 0.2) is 12.1 Å². The number of hydrogen-bond acceptors (Lipinski definition) is 3. The first-order valence-electron chi connectivity index (χ1n) is 6.04. The van der Waals surface area contributed by atoms with Crippen molar-refractivity contribution >= 4 is 5.69 Å². The molecule has 0 saturated carbocycles. The minimum atomic E-state index is -0.639. The molecule has 94 valence electrons. The molecule has 2 fully saturated rings. The Hall–Kier alpha value is -1.67. The predicted octanol–water partition coefficient (Wildman–Crippen LogP) is 1.49. The van der Waals surface area contributed by atoms with Gasteiger partial charge in [-0.2, -0.15) is 5.26 Å². The maximum absolute atomic E-state index is 13.9. The molecule has 2 unspecified atom stereocenters. The number of nitriles is 1. The van der Waals surface area contributed by atoms with Crippen LogP contribution in [0.4, 0.5) is 14.5 Å². The molecular weight excluding hydrogens is 236 g/mol. The van der Waals surface area contributed by atoms with E-state index in [0.717, 1.165) is 25.2 Å². The Morgan fingerprint density at radius 2 is 1.72 bits per heavy atom. The molecule has 3 nitrogen and oxygen atoms in total. The fourth-order valence-electron chi connectivity index (χ4n) is 2.97. The van der Waals surface area contributed by atoms with Crippen LogP contribution in [-0.4, -0.2) is 26.2 Å². The third-order valence-electron chi connectivity index (χ3n) is 3.85. The van der Waals surface area contributed by atoms with Crippen LogP contribution in [0.5, 0.6) is 0 Å². The largest absolute Gasteiger partial charge is 0.366 e. The van der Waals surface area contributed by atoms with Gasteiger partial charge in [0.05, 0.1) is 11.6 Å².